The van der Waals surface area contributed by atoms with E-state index in [4.69, 9.17) is 0 Å². The Morgan fingerprint density at radius 1 is 1.40 bits per heavy atom. The van der Waals surface area contributed by atoms with Crippen molar-refractivity contribution in [2.75, 3.05) is 6.54 Å². The molecule has 1 saturated heterocycles. The van der Waals surface area contributed by atoms with Gasteiger partial charge in [-0.3, -0.25) is 0 Å². The van der Waals surface area contributed by atoms with Gasteiger partial charge in [0.25, 0.3) is 10.2 Å². The SMILES string of the molecule is C[C@H]1CNS(=O)(=O)N1Cc1ccccc1. The topological polar surface area (TPSA) is 49.4 Å². The first kappa shape index (κ1) is 10.6. The lowest BCUT2D eigenvalue weighted by Crippen LogP contribution is -2.32. The molecule has 1 aliphatic rings. The summed E-state index contributed by atoms with van der Waals surface area (Å²) >= 11 is 0. The van der Waals surface area contributed by atoms with Crippen LogP contribution in [0.15, 0.2) is 30.3 Å². The molecular weight excluding hydrogens is 212 g/mol. The van der Waals surface area contributed by atoms with Crippen molar-refractivity contribution in [3.05, 3.63) is 35.9 Å². The molecule has 1 aromatic carbocycles. The van der Waals surface area contributed by atoms with Gasteiger partial charge in [-0.2, -0.15) is 12.7 Å². The van der Waals surface area contributed by atoms with Crippen molar-refractivity contribution in [1.82, 2.24) is 9.03 Å². The fourth-order valence-corrected chi connectivity index (χ4v) is 3.14. The lowest BCUT2D eigenvalue weighted by Gasteiger charge is -2.18. The molecule has 0 aliphatic carbocycles. The van der Waals surface area contributed by atoms with Crippen molar-refractivity contribution >= 4 is 10.2 Å². The minimum absolute atomic E-state index is 0.0233. The highest BCUT2D eigenvalue weighted by molar-refractivity contribution is 7.87. The van der Waals surface area contributed by atoms with Crippen molar-refractivity contribution in [3.8, 4) is 0 Å². The minimum Gasteiger partial charge on any atom is -0.200 e. The van der Waals surface area contributed by atoms with Gasteiger partial charge in [-0.1, -0.05) is 30.3 Å². The van der Waals surface area contributed by atoms with E-state index in [1.807, 2.05) is 37.3 Å². The first-order chi connectivity index (χ1) is 7.09. The summed E-state index contributed by atoms with van der Waals surface area (Å²) in [5.41, 5.74) is 1.01. The molecule has 0 saturated carbocycles. The molecule has 1 aromatic rings. The second-order valence-corrected chi connectivity index (χ2v) is 5.44. The van der Waals surface area contributed by atoms with Gasteiger partial charge in [0.05, 0.1) is 0 Å². The van der Waals surface area contributed by atoms with Crippen LogP contribution in [0.1, 0.15) is 12.5 Å². The highest BCUT2D eigenvalue weighted by Crippen LogP contribution is 2.16. The molecule has 0 amide bonds. The predicted octanol–water partition coefficient (Wildman–Crippen LogP) is 0.725. The van der Waals surface area contributed by atoms with E-state index < -0.39 is 10.2 Å². The molecule has 1 N–H and O–H groups in total. The molecule has 0 spiro atoms. The number of benzene rings is 1. The fraction of sp³-hybridized carbons (Fsp3) is 0.400. The molecular formula is C10H14N2O2S. The monoisotopic (exact) mass is 226 g/mol. The van der Waals surface area contributed by atoms with Crippen LogP contribution in [0.3, 0.4) is 0 Å². The largest absolute Gasteiger partial charge is 0.280 e. The lowest BCUT2D eigenvalue weighted by molar-refractivity contribution is 0.367. The first-order valence-corrected chi connectivity index (χ1v) is 6.34. The molecule has 1 atom stereocenters. The van der Waals surface area contributed by atoms with Crippen molar-refractivity contribution in [3.63, 3.8) is 0 Å². The van der Waals surface area contributed by atoms with E-state index in [1.54, 1.807) is 0 Å². The normalized spacial score (nSPS) is 25.5. The van der Waals surface area contributed by atoms with Crippen LogP contribution in [-0.2, 0) is 16.8 Å². The molecule has 0 bridgehead atoms. The summed E-state index contributed by atoms with van der Waals surface area (Å²) in [5, 5.41) is 0. The second-order valence-electron chi connectivity index (χ2n) is 3.73. The molecule has 1 aliphatic heterocycles. The zero-order valence-corrected chi connectivity index (χ0v) is 9.37. The summed E-state index contributed by atoms with van der Waals surface area (Å²) in [7, 11) is -3.25. The smallest absolute Gasteiger partial charge is 0.200 e. The summed E-state index contributed by atoms with van der Waals surface area (Å²) in [6, 6.07) is 9.63. The molecule has 5 heteroatoms. The van der Waals surface area contributed by atoms with Crippen LogP contribution in [0.2, 0.25) is 0 Å². The number of hydrogen-bond acceptors (Lipinski definition) is 2. The van der Waals surface area contributed by atoms with Gasteiger partial charge >= 0.3 is 0 Å². The maximum Gasteiger partial charge on any atom is 0.280 e. The Bertz CT molecular complexity index is 430. The molecule has 1 heterocycles. The Balaban J connectivity index is 2.19. The van der Waals surface area contributed by atoms with E-state index in [0.29, 0.717) is 13.1 Å². The molecule has 4 nitrogen and oxygen atoms in total. The van der Waals surface area contributed by atoms with Crippen LogP contribution >= 0.6 is 0 Å². The highest BCUT2D eigenvalue weighted by atomic mass is 32.2. The molecule has 15 heavy (non-hydrogen) atoms. The van der Waals surface area contributed by atoms with E-state index in [2.05, 4.69) is 4.72 Å². The summed E-state index contributed by atoms with van der Waals surface area (Å²) in [5.74, 6) is 0. The fourth-order valence-electron chi connectivity index (χ4n) is 1.65. The Hall–Kier alpha value is -0.910. The van der Waals surface area contributed by atoms with E-state index in [1.165, 1.54) is 4.31 Å². The van der Waals surface area contributed by atoms with Gasteiger partial charge in [0.2, 0.25) is 0 Å². The Kier molecular flexibility index (Phi) is 2.77. The van der Waals surface area contributed by atoms with Gasteiger partial charge in [0.1, 0.15) is 0 Å². The number of nitrogens with one attached hydrogen (secondary N) is 1. The van der Waals surface area contributed by atoms with Crippen molar-refractivity contribution in [2.24, 2.45) is 0 Å². The van der Waals surface area contributed by atoms with E-state index in [9.17, 15) is 8.42 Å². The van der Waals surface area contributed by atoms with Crippen LogP contribution in [0, 0.1) is 0 Å². The number of hydrogen-bond donors (Lipinski definition) is 1. The highest BCUT2D eigenvalue weighted by Gasteiger charge is 2.33. The van der Waals surface area contributed by atoms with Gasteiger partial charge in [0, 0.05) is 19.1 Å². The third-order valence-electron chi connectivity index (χ3n) is 2.54. The third kappa shape index (κ3) is 2.19. The average Bonchev–Trinajstić information content (AvgIpc) is 2.47. The first-order valence-electron chi connectivity index (χ1n) is 4.90. The predicted molar refractivity (Wildman–Crippen MR) is 58.4 cm³/mol. The van der Waals surface area contributed by atoms with Crippen LogP contribution in [0.4, 0.5) is 0 Å². The molecule has 0 aromatic heterocycles. The van der Waals surface area contributed by atoms with Crippen LogP contribution in [0.5, 0.6) is 0 Å². The van der Waals surface area contributed by atoms with Crippen molar-refractivity contribution < 1.29 is 8.42 Å². The van der Waals surface area contributed by atoms with Gasteiger partial charge in [-0.15, -0.1) is 0 Å². The van der Waals surface area contributed by atoms with Gasteiger partial charge in [-0.05, 0) is 12.5 Å². The zero-order valence-electron chi connectivity index (χ0n) is 8.55. The maximum absolute atomic E-state index is 11.6. The second kappa shape index (κ2) is 3.92. The number of rotatable bonds is 2. The maximum atomic E-state index is 11.6. The van der Waals surface area contributed by atoms with Crippen molar-refractivity contribution in [2.45, 2.75) is 19.5 Å². The Morgan fingerprint density at radius 3 is 2.60 bits per heavy atom. The molecule has 1 fully saturated rings. The molecule has 2 rings (SSSR count). The van der Waals surface area contributed by atoms with Crippen LogP contribution in [0.25, 0.3) is 0 Å². The van der Waals surface area contributed by atoms with E-state index >= 15 is 0 Å². The standard InChI is InChI=1S/C10H14N2O2S/c1-9-7-11-15(13,14)12(9)8-10-5-3-2-4-6-10/h2-6,9,11H,7-8H2,1H3/t9-/m0/s1. The van der Waals surface area contributed by atoms with E-state index in [-0.39, 0.29) is 6.04 Å². The zero-order chi connectivity index (χ0) is 10.9. The lowest BCUT2D eigenvalue weighted by atomic mass is 10.2. The quantitative estimate of drug-likeness (QED) is 0.808. The van der Waals surface area contributed by atoms with Crippen LogP contribution in [-0.4, -0.2) is 25.3 Å². The van der Waals surface area contributed by atoms with Gasteiger partial charge in [-0.25, -0.2) is 4.72 Å². The minimum atomic E-state index is -3.25. The summed E-state index contributed by atoms with van der Waals surface area (Å²) in [6.07, 6.45) is 0. The molecule has 0 unspecified atom stereocenters. The summed E-state index contributed by atoms with van der Waals surface area (Å²) in [4.78, 5) is 0. The van der Waals surface area contributed by atoms with Gasteiger partial charge < -0.3 is 0 Å². The van der Waals surface area contributed by atoms with Crippen LogP contribution < -0.4 is 4.72 Å². The Morgan fingerprint density at radius 2 is 2.07 bits per heavy atom. The van der Waals surface area contributed by atoms with E-state index in [0.717, 1.165) is 5.56 Å². The molecule has 0 radical (unpaired) electrons. The Labute approximate surface area is 90.1 Å². The summed E-state index contributed by atoms with van der Waals surface area (Å²) < 4.78 is 27.2. The summed E-state index contributed by atoms with van der Waals surface area (Å²) in [6.45, 7) is 2.84. The number of nitrogens with zero attached hydrogens (tertiary/aromatic N) is 1. The third-order valence-corrected chi connectivity index (χ3v) is 4.18. The van der Waals surface area contributed by atoms with Gasteiger partial charge in [0.15, 0.2) is 0 Å². The molecule has 82 valence electrons. The van der Waals surface area contributed by atoms with Crippen molar-refractivity contribution in [1.29, 1.82) is 0 Å². The average molecular weight is 226 g/mol.